The number of fused-ring (bicyclic) bond motifs is 1. The summed E-state index contributed by atoms with van der Waals surface area (Å²) < 4.78 is 15.8. The van der Waals surface area contributed by atoms with E-state index in [9.17, 15) is 9.59 Å². The number of hydrogen-bond donors (Lipinski definition) is 1. The Kier molecular flexibility index (Phi) is 6.46. The summed E-state index contributed by atoms with van der Waals surface area (Å²) in [5.74, 6) is 0.742. The lowest BCUT2D eigenvalue weighted by molar-refractivity contribution is -0.152. The molecule has 7 heteroatoms. The van der Waals surface area contributed by atoms with Gasteiger partial charge in [0.1, 0.15) is 0 Å². The van der Waals surface area contributed by atoms with Crippen LogP contribution in [0.3, 0.4) is 0 Å². The quantitative estimate of drug-likeness (QED) is 0.566. The Morgan fingerprint density at radius 1 is 1.11 bits per heavy atom. The Morgan fingerprint density at radius 2 is 1.89 bits per heavy atom. The maximum atomic E-state index is 12.2. The first-order chi connectivity index (χ1) is 13.4. The molecule has 148 valence electrons. The number of rotatable bonds is 7. The molecule has 1 atom stereocenters. The smallest absolute Gasteiger partial charge is 0.317 e. The van der Waals surface area contributed by atoms with Gasteiger partial charge in [0.2, 0.25) is 6.79 Å². The van der Waals surface area contributed by atoms with Gasteiger partial charge in [-0.15, -0.1) is 11.8 Å². The molecule has 2 aromatic rings. The summed E-state index contributed by atoms with van der Waals surface area (Å²) in [6.45, 7) is 6.16. The van der Waals surface area contributed by atoms with Crippen molar-refractivity contribution in [2.45, 2.75) is 38.3 Å². The van der Waals surface area contributed by atoms with E-state index in [2.05, 4.69) is 5.32 Å². The van der Waals surface area contributed by atoms with Crippen molar-refractivity contribution in [1.82, 2.24) is 5.32 Å². The van der Waals surface area contributed by atoms with Gasteiger partial charge in [-0.05, 0) is 61.7 Å². The molecule has 28 heavy (non-hydrogen) atoms. The highest BCUT2D eigenvalue weighted by atomic mass is 32.2. The third-order valence-corrected chi connectivity index (χ3v) is 5.38. The summed E-state index contributed by atoms with van der Waals surface area (Å²) in [4.78, 5) is 25.2. The molecule has 2 aromatic carbocycles. The SMILES string of the molecule is Cc1ccc(SCC(=O)O[C@@H](C)C(=O)NCc2ccc3c(c2)OCO3)cc1C. The van der Waals surface area contributed by atoms with Crippen LogP contribution in [0, 0.1) is 13.8 Å². The van der Waals surface area contributed by atoms with Crippen LogP contribution in [0.1, 0.15) is 23.6 Å². The number of hydrogen-bond acceptors (Lipinski definition) is 6. The zero-order valence-electron chi connectivity index (χ0n) is 16.1. The van der Waals surface area contributed by atoms with Gasteiger partial charge in [-0.2, -0.15) is 0 Å². The number of carbonyl (C=O) groups is 2. The third-order valence-electron chi connectivity index (χ3n) is 4.42. The van der Waals surface area contributed by atoms with Crippen LogP contribution in [0.2, 0.25) is 0 Å². The number of nitrogens with one attached hydrogen (secondary N) is 1. The standard InChI is InChI=1S/C21H23NO5S/c1-13-4-6-17(8-14(13)2)28-11-20(23)27-15(3)21(24)22-10-16-5-7-18-19(9-16)26-12-25-18/h4-9,15H,10-12H2,1-3H3,(H,22,24)/t15-/m0/s1. The second-order valence-electron chi connectivity index (χ2n) is 6.57. The molecule has 1 aliphatic rings. The normalized spacial score (nSPS) is 13.1. The maximum absolute atomic E-state index is 12.2. The van der Waals surface area contributed by atoms with Gasteiger partial charge < -0.3 is 19.5 Å². The predicted molar refractivity (Wildman–Crippen MR) is 107 cm³/mol. The summed E-state index contributed by atoms with van der Waals surface area (Å²) in [6, 6.07) is 11.5. The van der Waals surface area contributed by atoms with Gasteiger partial charge in [0.25, 0.3) is 5.91 Å². The topological polar surface area (TPSA) is 73.9 Å². The van der Waals surface area contributed by atoms with Crippen molar-refractivity contribution in [2.75, 3.05) is 12.5 Å². The second-order valence-corrected chi connectivity index (χ2v) is 7.62. The molecule has 6 nitrogen and oxygen atoms in total. The molecular formula is C21H23NO5S. The van der Waals surface area contributed by atoms with E-state index in [1.54, 1.807) is 13.0 Å². The van der Waals surface area contributed by atoms with E-state index in [0.29, 0.717) is 18.0 Å². The molecule has 0 fully saturated rings. The maximum Gasteiger partial charge on any atom is 0.317 e. The number of esters is 1. The van der Waals surface area contributed by atoms with E-state index in [4.69, 9.17) is 14.2 Å². The lowest BCUT2D eigenvalue weighted by Gasteiger charge is -2.14. The average molecular weight is 401 g/mol. The van der Waals surface area contributed by atoms with E-state index in [0.717, 1.165) is 10.5 Å². The highest BCUT2D eigenvalue weighted by molar-refractivity contribution is 8.00. The third kappa shape index (κ3) is 5.19. The van der Waals surface area contributed by atoms with Gasteiger partial charge in [0.15, 0.2) is 17.6 Å². The van der Waals surface area contributed by atoms with Gasteiger partial charge >= 0.3 is 5.97 Å². The van der Waals surface area contributed by atoms with Crippen LogP contribution in [0.5, 0.6) is 11.5 Å². The van der Waals surface area contributed by atoms with Crippen molar-refractivity contribution < 1.29 is 23.8 Å². The summed E-state index contributed by atoms with van der Waals surface area (Å²) >= 11 is 1.39. The van der Waals surface area contributed by atoms with Crippen molar-refractivity contribution in [3.63, 3.8) is 0 Å². The van der Waals surface area contributed by atoms with Crippen LogP contribution >= 0.6 is 11.8 Å². The molecule has 0 spiro atoms. The first-order valence-corrected chi connectivity index (χ1v) is 9.96. The summed E-state index contributed by atoms with van der Waals surface area (Å²) in [5, 5.41) is 2.76. The summed E-state index contributed by atoms with van der Waals surface area (Å²) in [5.41, 5.74) is 3.26. The molecule has 0 bridgehead atoms. The molecular weight excluding hydrogens is 378 g/mol. The molecule has 1 N–H and O–H groups in total. The molecule has 1 amide bonds. The fourth-order valence-corrected chi connectivity index (χ4v) is 3.39. The van der Waals surface area contributed by atoms with Gasteiger partial charge in [0, 0.05) is 11.4 Å². The molecule has 3 rings (SSSR count). The van der Waals surface area contributed by atoms with Crippen LogP contribution in [0.4, 0.5) is 0 Å². The molecule has 1 heterocycles. The zero-order chi connectivity index (χ0) is 20.1. The largest absolute Gasteiger partial charge is 0.454 e. The van der Waals surface area contributed by atoms with E-state index in [1.165, 1.54) is 22.9 Å². The molecule has 0 aromatic heterocycles. The molecule has 0 saturated carbocycles. The van der Waals surface area contributed by atoms with Crippen molar-refractivity contribution in [2.24, 2.45) is 0 Å². The highest BCUT2D eigenvalue weighted by Crippen LogP contribution is 2.32. The minimum atomic E-state index is -0.859. The molecule has 0 unspecified atom stereocenters. The summed E-state index contributed by atoms with van der Waals surface area (Å²) in [6.07, 6.45) is -0.859. The van der Waals surface area contributed by atoms with Crippen LogP contribution in [0.15, 0.2) is 41.3 Å². The van der Waals surface area contributed by atoms with E-state index < -0.39 is 12.1 Å². The number of thioether (sulfide) groups is 1. The predicted octanol–water partition coefficient (Wildman–Crippen LogP) is 3.37. The number of carbonyl (C=O) groups excluding carboxylic acids is 2. The van der Waals surface area contributed by atoms with Gasteiger partial charge in [-0.25, -0.2) is 0 Å². The fraction of sp³-hybridized carbons (Fsp3) is 0.333. The average Bonchev–Trinajstić information content (AvgIpc) is 3.14. The minimum absolute atomic E-state index is 0.155. The lowest BCUT2D eigenvalue weighted by atomic mass is 10.1. The molecule has 0 saturated heterocycles. The van der Waals surface area contributed by atoms with Gasteiger partial charge in [0.05, 0.1) is 5.75 Å². The Morgan fingerprint density at radius 3 is 2.68 bits per heavy atom. The van der Waals surface area contributed by atoms with Gasteiger partial charge in [-0.3, -0.25) is 9.59 Å². The minimum Gasteiger partial charge on any atom is -0.454 e. The van der Waals surface area contributed by atoms with Crippen molar-refractivity contribution >= 4 is 23.6 Å². The number of ether oxygens (including phenoxy) is 3. The van der Waals surface area contributed by atoms with E-state index in [1.807, 2.05) is 44.2 Å². The Bertz CT molecular complexity index is 883. The molecule has 1 aliphatic heterocycles. The molecule has 0 aliphatic carbocycles. The lowest BCUT2D eigenvalue weighted by Crippen LogP contribution is -2.35. The Balaban J connectivity index is 1.43. The summed E-state index contributed by atoms with van der Waals surface area (Å²) in [7, 11) is 0. The monoisotopic (exact) mass is 401 g/mol. The first-order valence-electron chi connectivity index (χ1n) is 8.98. The first kappa shape index (κ1) is 20.1. The van der Waals surface area contributed by atoms with E-state index >= 15 is 0 Å². The highest BCUT2D eigenvalue weighted by Gasteiger charge is 2.18. The number of benzene rings is 2. The zero-order valence-corrected chi connectivity index (χ0v) is 16.9. The Hall–Kier alpha value is -2.67. The number of aryl methyl sites for hydroxylation is 2. The fourth-order valence-electron chi connectivity index (χ4n) is 2.61. The van der Waals surface area contributed by atoms with Gasteiger partial charge in [-0.1, -0.05) is 12.1 Å². The van der Waals surface area contributed by atoms with Crippen LogP contribution in [0.25, 0.3) is 0 Å². The van der Waals surface area contributed by atoms with Crippen molar-refractivity contribution in [1.29, 1.82) is 0 Å². The van der Waals surface area contributed by atoms with Crippen molar-refractivity contribution in [3.05, 3.63) is 53.1 Å². The van der Waals surface area contributed by atoms with E-state index in [-0.39, 0.29) is 18.5 Å². The Labute approximate surface area is 168 Å². The van der Waals surface area contributed by atoms with Crippen LogP contribution in [-0.2, 0) is 20.9 Å². The second kappa shape index (κ2) is 9.01. The van der Waals surface area contributed by atoms with Crippen molar-refractivity contribution in [3.8, 4) is 11.5 Å². The van der Waals surface area contributed by atoms with Crippen LogP contribution in [-0.4, -0.2) is 30.5 Å². The molecule has 0 radical (unpaired) electrons. The van der Waals surface area contributed by atoms with Crippen LogP contribution < -0.4 is 14.8 Å². The number of amides is 1.